The van der Waals surface area contributed by atoms with Crippen LogP contribution >= 0.6 is 0 Å². The third-order valence-corrected chi connectivity index (χ3v) is 2.57. The molecule has 0 amide bonds. The number of aldehydes is 1. The summed E-state index contributed by atoms with van der Waals surface area (Å²) in [7, 11) is 0. The van der Waals surface area contributed by atoms with E-state index in [4.69, 9.17) is 0 Å². The lowest BCUT2D eigenvalue weighted by Gasteiger charge is -2.14. The Labute approximate surface area is 105 Å². The fourth-order valence-corrected chi connectivity index (χ4v) is 1.76. The maximum atomic E-state index is 13.7. The zero-order chi connectivity index (χ0) is 14.0. The number of carbonyl (C=O) groups excluding carboxylic acids is 1. The van der Waals surface area contributed by atoms with Crippen molar-refractivity contribution in [1.29, 1.82) is 0 Å². The van der Waals surface area contributed by atoms with Gasteiger partial charge in [-0.3, -0.25) is 4.79 Å². The first kappa shape index (κ1) is 13.2. The summed E-state index contributed by atoms with van der Waals surface area (Å²) < 4.78 is 52.3. The first-order valence-corrected chi connectivity index (χ1v) is 5.21. The Morgan fingerprint density at radius 3 is 2.42 bits per heavy atom. The molecule has 1 heterocycles. The van der Waals surface area contributed by atoms with Crippen molar-refractivity contribution in [3.8, 4) is 11.1 Å². The smallest absolute Gasteiger partial charge is 0.298 e. The lowest BCUT2D eigenvalue weighted by molar-refractivity contribution is -0.137. The standard InChI is InChI=1S/C13H7F4NO/c14-12-11(8(7-19)5-6-18-12)9-3-1-2-4-10(9)13(15,16)17/h1-7H. The third-order valence-electron chi connectivity index (χ3n) is 2.57. The van der Waals surface area contributed by atoms with Crippen LogP contribution in [0.15, 0.2) is 36.5 Å². The Kier molecular flexibility index (Phi) is 3.33. The molecule has 0 aliphatic heterocycles. The highest BCUT2D eigenvalue weighted by Crippen LogP contribution is 2.38. The molecular weight excluding hydrogens is 262 g/mol. The molecule has 0 unspecified atom stereocenters. The molecule has 0 saturated heterocycles. The summed E-state index contributed by atoms with van der Waals surface area (Å²) in [5, 5.41) is 0. The van der Waals surface area contributed by atoms with E-state index in [2.05, 4.69) is 4.98 Å². The van der Waals surface area contributed by atoms with Gasteiger partial charge < -0.3 is 0 Å². The first-order valence-electron chi connectivity index (χ1n) is 5.21. The van der Waals surface area contributed by atoms with E-state index in [9.17, 15) is 22.4 Å². The zero-order valence-corrected chi connectivity index (χ0v) is 9.41. The van der Waals surface area contributed by atoms with E-state index in [1.165, 1.54) is 18.2 Å². The molecule has 0 fully saturated rings. The molecule has 0 aliphatic rings. The SMILES string of the molecule is O=Cc1ccnc(F)c1-c1ccccc1C(F)(F)F. The van der Waals surface area contributed by atoms with Gasteiger partial charge in [0.25, 0.3) is 0 Å². The minimum Gasteiger partial charge on any atom is -0.298 e. The van der Waals surface area contributed by atoms with E-state index < -0.39 is 28.8 Å². The maximum Gasteiger partial charge on any atom is 0.417 e. The fraction of sp³-hybridized carbons (Fsp3) is 0.0769. The Bertz CT molecular complexity index is 622. The van der Waals surface area contributed by atoms with Crippen LogP contribution in [0.2, 0.25) is 0 Å². The van der Waals surface area contributed by atoms with Gasteiger partial charge in [0.05, 0.1) is 5.56 Å². The van der Waals surface area contributed by atoms with Gasteiger partial charge in [-0.05, 0) is 17.7 Å². The van der Waals surface area contributed by atoms with Crippen LogP contribution in [-0.2, 0) is 6.18 Å². The van der Waals surface area contributed by atoms with E-state index in [0.29, 0.717) is 6.29 Å². The summed E-state index contributed by atoms with van der Waals surface area (Å²) >= 11 is 0. The van der Waals surface area contributed by atoms with E-state index in [1.807, 2.05) is 0 Å². The topological polar surface area (TPSA) is 30.0 Å². The van der Waals surface area contributed by atoms with Crippen LogP contribution in [0, 0.1) is 5.95 Å². The van der Waals surface area contributed by atoms with Crippen molar-refractivity contribution in [2.75, 3.05) is 0 Å². The molecule has 0 spiro atoms. The second kappa shape index (κ2) is 4.79. The van der Waals surface area contributed by atoms with Crippen LogP contribution in [0.5, 0.6) is 0 Å². The van der Waals surface area contributed by atoms with Gasteiger partial charge in [-0.25, -0.2) is 4.98 Å². The number of benzene rings is 1. The number of aromatic nitrogens is 1. The number of carbonyl (C=O) groups is 1. The van der Waals surface area contributed by atoms with Gasteiger partial charge in [-0.1, -0.05) is 18.2 Å². The Morgan fingerprint density at radius 2 is 1.79 bits per heavy atom. The van der Waals surface area contributed by atoms with E-state index in [-0.39, 0.29) is 5.56 Å². The van der Waals surface area contributed by atoms with Gasteiger partial charge in [0.15, 0.2) is 6.29 Å². The quantitative estimate of drug-likeness (QED) is 0.472. The van der Waals surface area contributed by atoms with Crippen LogP contribution in [0.25, 0.3) is 11.1 Å². The highest BCUT2D eigenvalue weighted by atomic mass is 19.4. The summed E-state index contributed by atoms with van der Waals surface area (Å²) in [6, 6.07) is 5.64. The molecule has 0 N–H and O–H groups in total. The molecular formula is C13H7F4NO. The highest BCUT2D eigenvalue weighted by molar-refractivity contribution is 5.88. The summed E-state index contributed by atoms with van der Waals surface area (Å²) in [5.74, 6) is -1.11. The molecule has 1 aromatic heterocycles. The molecule has 98 valence electrons. The third kappa shape index (κ3) is 2.47. The lowest BCUT2D eigenvalue weighted by Crippen LogP contribution is -2.08. The first-order chi connectivity index (χ1) is 8.95. The van der Waals surface area contributed by atoms with Crippen LogP contribution in [0.3, 0.4) is 0 Å². The number of pyridine rings is 1. The highest BCUT2D eigenvalue weighted by Gasteiger charge is 2.34. The van der Waals surface area contributed by atoms with Crippen molar-refractivity contribution in [3.63, 3.8) is 0 Å². The van der Waals surface area contributed by atoms with E-state index in [1.54, 1.807) is 0 Å². The molecule has 0 aliphatic carbocycles. The fourth-order valence-electron chi connectivity index (χ4n) is 1.76. The minimum atomic E-state index is -4.64. The summed E-state index contributed by atoms with van der Waals surface area (Å²) in [6.07, 6.45) is -3.31. The summed E-state index contributed by atoms with van der Waals surface area (Å²) in [6.45, 7) is 0. The van der Waals surface area contributed by atoms with Gasteiger partial charge >= 0.3 is 6.18 Å². The van der Waals surface area contributed by atoms with Gasteiger partial charge in [0.2, 0.25) is 5.95 Å². The van der Waals surface area contributed by atoms with Crippen molar-refractivity contribution >= 4 is 6.29 Å². The van der Waals surface area contributed by atoms with E-state index in [0.717, 1.165) is 18.3 Å². The van der Waals surface area contributed by atoms with Gasteiger partial charge in [-0.2, -0.15) is 17.6 Å². The molecule has 19 heavy (non-hydrogen) atoms. The number of nitrogens with zero attached hydrogens (tertiary/aromatic N) is 1. The summed E-state index contributed by atoms with van der Waals surface area (Å²) in [4.78, 5) is 14.1. The van der Waals surface area contributed by atoms with Crippen LogP contribution < -0.4 is 0 Å². The number of alkyl halides is 3. The Morgan fingerprint density at radius 1 is 1.11 bits per heavy atom. The molecule has 0 radical (unpaired) electrons. The average Bonchev–Trinajstić information content (AvgIpc) is 2.37. The predicted molar refractivity (Wildman–Crippen MR) is 60.0 cm³/mol. The van der Waals surface area contributed by atoms with Gasteiger partial charge in [0.1, 0.15) is 0 Å². The molecule has 2 nitrogen and oxygen atoms in total. The second-order valence-electron chi connectivity index (χ2n) is 3.73. The van der Waals surface area contributed by atoms with Crippen molar-refractivity contribution in [1.82, 2.24) is 4.98 Å². The maximum absolute atomic E-state index is 13.7. The largest absolute Gasteiger partial charge is 0.417 e. The minimum absolute atomic E-state index is 0.177. The monoisotopic (exact) mass is 269 g/mol. The van der Waals surface area contributed by atoms with Crippen molar-refractivity contribution in [2.45, 2.75) is 6.18 Å². The van der Waals surface area contributed by atoms with Crippen LogP contribution in [0.4, 0.5) is 17.6 Å². The number of halogens is 4. The Balaban J connectivity index is 2.77. The molecule has 2 rings (SSSR count). The summed E-state index contributed by atoms with van der Waals surface area (Å²) in [5.41, 5.74) is -2.03. The van der Waals surface area contributed by atoms with Crippen molar-refractivity contribution in [2.24, 2.45) is 0 Å². The zero-order valence-electron chi connectivity index (χ0n) is 9.41. The molecule has 0 saturated carbocycles. The normalized spacial score (nSPS) is 11.4. The van der Waals surface area contributed by atoms with E-state index >= 15 is 0 Å². The van der Waals surface area contributed by atoms with Crippen molar-refractivity contribution < 1.29 is 22.4 Å². The number of hydrogen-bond donors (Lipinski definition) is 0. The van der Waals surface area contributed by atoms with Gasteiger partial charge in [0, 0.05) is 17.3 Å². The number of rotatable bonds is 2. The molecule has 0 bridgehead atoms. The molecule has 0 atom stereocenters. The average molecular weight is 269 g/mol. The number of hydrogen-bond acceptors (Lipinski definition) is 2. The predicted octanol–water partition coefficient (Wildman–Crippen LogP) is 3.72. The van der Waals surface area contributed by atoms with Crippen LogP contribution in [0.1, 0.15) is 15.9 Å². The van der Waals surface area contributed by atoms with Crippen LogP contribution in [-0.4, -0.2) is 11.3 Å². The lowest BCUT2D eigenvalue weighted by atomic mass is 9.97. The Hall–Kier alpha value is -2.24. The molecule has 6 heteroatoms. The van der Waals surface area contributed by atoms with Gasteiger partial charge in [-0.15, -0.1) is 0 Å². The second-order valence-corrected chi connectivity index (χ2v) is 3.73. The molecule has 2 aromatic rings. The van der Waals surface area contributed by atoms with Crippen molar-refractivity contribution in [3.05, 3.63) is 53.6 Å². The molecule has 1 aromatic carbocycles.